The fourth-order valence-corrected chi connectivity index (χ4v) is 2.56. The maximum absolute atomic E-state index is 12.5. The second-order valence-electron chi connectivity index (χ2n) is 6.34. The molecule has 0 bridgehead atoms. The summed E-state index contributed by atoms with van der Waals surface area (Å²) in [5, 5.41) is 11.1. The Morgan fingerprint density at radius 1 is 1.41 bits per heavy atom. The fraction of sp³-hybridized carbons (Fsp3) is 0.667. The average molecular weight is 312 g/mol. The van der Waals surface area contributed by atoms with Gasteiger partial charge in [0.25, 0.3) is 0 Å². The fourth-order valence-electron chi connectivity index (χ4n) is 2.56. The van der Waals surface area contributed by atoms with Crippen molar-refractivity contribution in [1.82, 2.24) is 10.2 Å². The lowest BCUT2D eigenvalue weighted by Crippen LogP contribution is -2.58. The van der Waals surface area contributed by atoms with Crippen molar-refractivity contribution < 1.29 is 24.2 Å². The van der Waals surface area contributed by atoms with E-state index in [4.69, 9.17) is 9.84 Å². The number of nitrogens with one attached hydrogen (secondary N) is 1. The molecule has 1 fully saturated rings. The summed E-state index contributed by atoms with van der Waals surface area (Å²) in [5.41, 5.74) is -1.79. The minimum Gasteiger partial charge on any atom is -0.480 e. The molecule has 0 saturated carbocycles. The SMILES string of the molecule is C=CC[C@@]1(C(=O)NCC(=O)O)CCCN1C(=O)OC(C)(C)C. The van der Waals surface area contributed by atoms with Crippen molar-refractivity contribution in [2.45, 2.75) is 51.2 Å². The van der Waals surface area contributed by atoms with E-state index in [2.05, 4.69) is 11.9 Å². The first-order valence-corrected chi connectivity index (χ1v) is 7.24. The number of nitrogens with zero attached hydrogens (tertiary/aromatic N) is 1. The number of aliphatic carboxylic acids is 1. The molecule has 22 heavy (non-hydrogen) atoms. The molecule has 0 aliphatic carbocycles. The van der Waals surface area contributed by atoms with Crippen LogP contribution >= 0.6 is 0 Å². The van der Waals surface area contributed by atoms with Crippen LogP contribution in [0.3, 0.4) is 0 Å². The molecule has 0 radical (unpaired) electrons. The quantitative estimate of drug-likeness (QED) is 0.751. The summed E-state index contributed by atoms with van der Waals surface area (Å²) in [5.74, 6) is -1.62. The molecule has 0 aromatic rings. The van der Waals surface area contributed by atoms with Crippen molar-refractivity contribution in [2.24, 2.45) is 0 Å². The molecule has 124 valence electrons. The second kappa shape index (κ2) is 6.81. The topological polar surface area (TPSA) is 95.9 Å². The highest BCUT2D eigenvalue weighted by Gasteiger charge is 2.50. The summed E-state index contributed by atoms with van der Waals surface area (Å²) < 4.78 is 5.36. The van der Waals surface area contributed by atoms with E-state index in [1.165, 1.54) is 4.90 Å². The number of carboxylic acids is 1. The van der Waals surface area contributed by atoms with E-state index < -0.39 is 35.7 Å². The van der Waals surface area contributed by atoms with Crippen LogP contribution in [0.4, 0.5) is 4.79 Å². The van der Waals surface area contributed by atoms with Crippen molar-refractivity contribution >= 4 is 18.0 Å². The highest BCUT2D eigenvalue weighted by molar-refractivity contribution is 5.92. The van der Waals surface area contributed by atoms with Gasteiger partial charge in [-0.05, 0) is 40.0 Å². The first-order chi connectivity index (χ1) is 10.1. The van der Waals surface area contributed by atoms with Gasteiger partial charge in [0, 0.05) is 6.54 Å². The summed E-state index contributed by atoms with van der Waals surface area (Å²) in [6, 6.07) is 0. The Morgan fingerprint density at radius 2 is 2.05 bits per heavy atom. The van der Waals surface area contributed by atoms with E-state index in [1.807, 2.05) is 0 Å². The van der Waals surface area contributed by atoms with Gasteiger partial charge in [0.15, 0.2) is 0 Å². The standard InChI is InChI=1S/C15H24N2O5/c1-5-7-15(12(20)16-10-11(18)19)8-6-9-17(15)13(21)22-14(2,3)4/h5H,1,6-10H2,2-4H3,(H,16,20)(H,18,19)/t15-/m0/s1. The van der Waals surface area contributed by atoms with Crippen LogP contribution in [-0.4, -0.2) is 52.2 Å². The lowest BCUT2D eigenvalue weighted by molar-refractivity contribution is -0.140. The summed E-state index contributed by atoms with van der Waals surface area (Å²) >= 11 is 0. The molecule has 0 aromatic heterocycles. The van der Waals surface area contributed by atoms with E-state index in [0.29, 0.717) is 19.4 Å². The first kappa shape index (κ1) is 18.0. The Balaban J connectivity index is 2.98. The first-order valence-electron chi connectivity index (χ1n) is 7.24. The van der Waals surface area contributed by atoms with Crippen LogP contribution in [0.5, 0.6) is 0 Å². The highest BCUT2D eigenvalue weighted by Crippen LogP contribution is 2.34. The van der Waals surface area contributed by atoms with Gasteiger partial charge in [-0.1, -0.05) is 6.08 Å². The number of carboxylic acid groups (broad SMARTS) is 1. The molecule has 1 aliphatic rings. The minimum atomic E-state index is -1.14. The molecule has 1 rings (SSSR count). The number of hydrogen-bond donors (Lipinski definition) is 2. The molecule has 0 spiro atoms. The van der Waals surface area contributed by atoms with Gasteiger partial charge in [-0.3, -0.25) is 14.5 Å². The molecule has 1 atom stereocenters. The lowest BCUT2D eigenvalue weighted by Gasteiger charge is -2.37. The number of likely N-dealkylation sites (tertiary alicyclic amines) is 1. The van der Waals surface area contributed by atoms with Gasteiger partial charge >= 0.3 is 12.1 Å². The number of carbonyl (C=O) groups is 3. The predicted octanol–water partition coefficient (Wildman–Crippen LogP) is 1.53. The van der Waals surface area contributed by atoms with Gasteiger partial charge in [0.2, 0.25) is 5.91 Å². The zero-order valence-corrected chi connectivity index (χ0v) is 13.3. The number of hydrogen-bond acceptors (Lipinski definition) is 4. The smallest absolute Gasteiger partial charge is 0.411 e. The Morgan fingerprint density at radius 3 is 2.55 bits per heavy atom. The molecule has 0 aromatic carbocycles. The average Bonchev–Trinajstić information content (AvgIpc) is 2.79. The van der Waals surface area contributed by atoms with E-state index in [1.54, 1.807) is 26.8 Å². The molecule has 2 N–H and O–H groups in total. The van der Waals surface area contributed by atoms with Crippen molar-refractivity contribution in [1.29, 1.82) is 0 Å². The zero-order chi connectivity index (χ0) is 17.0. The van der Waals surface area contributed by atoms with E-state index in [9.17, 15) is 14.4 Å². The largest absolute Gasteiger partial charge is 0.480 e. The summed E-state index contributed by atoms with van der Waals surface area (Å²) in [7, 11) is 0. The third-order valence-corrected chi connectivity index (χ3v) is 3.41. The monoisotopic (exact) mass is 312 g/mol. The third kappa shape index (κ3) is 4.22. The molecule has 2 amide bonds. The second-order valence-corrected chi connectivity index (χ2v) is 6.34. The van der Waals surface area contributed by atoms with Gasteiger partial charge in [-0.25, -0.2) is 4.79 Å². The lowest BCUT2D eigenvalue weighted by atomic mass is 9.91. The van der Waals surface area contributed by atoms with Crippen LogP contribution < -0.4 is 5.32 Å². The molecule has 7 heteroatoms. The van der Waals surface area contributed by atoms with Gasteiger partial charge in [-0.2, -0.15) is 0 Å². The van der Waals surface area contributed by atoms with Gasteiger partial charge in [0.05, 0.1) is 0 Å². The maximum Gasteiger partial charge on any atom is 0.411 e. The van der Waals surface area contributed by atoms with Crippen LogP contribution in [0.25, 0.3) is 0 Å². The number of rotatable bonds is 5. The molecular formula is C15H24N2O5. The van der Waals surface area contributed by atoms with Crippen molar-refractivity contribution in [3.63, 3.8) is 0 Å². The normalized spacial score (nSPS) is 21.3. The van der Waals surface area contributed by atoms with Gasteiger partial charge in [-0.15, -0.1) is 6.58 Å². The Labute approximate surface area is 130 Å². The highest BCUT2D eigenvalue weighted by atomic mass is 16.6. The summed E-state index contributed by atoms with van der Waals surface area (Å²) in [6.45, 7) is 8.80. The van der Waals surface area contributed by atoms with E-state index in [-0.39, 0.29) is 6.42 Å². The molecule has 1 aliphatic heterocycles. The van der Waals surface area contributed by atoms with Crippen LogP contribution in [0.15, 0.2) is 12.7 Å². The molecule has 7 nitrogen and oxygen atoms in total. The van der Waals surface area contributed by atoms with Crippen molar-refractivity contribution in [3.8, 4) is 0 Å². The summed E-state index contributed by atoms with van der Waals surface area (Å²) in [6.07, 6.45) is 2.33. The van der Waals surface area contributed by atoms with Crippen LogP contribution in [0.2, 0.25) is 0 Å². The van der Waals surface area contributed by atoms with Crippen LogP contribution in [0.1, 0.15) is 40.0 Å². The molecular weight excluding hydrogens is 288 g/mol. The Kier molecular flexibility index (Phi) is 5.57. The predicted molar refractivity (Wildman–Crippen MR) is 80.4 cm³/mol. The van der Waals surface area contributed by atoms with Crippen LogP contribution in [0, 0.1) is 0 Å². The van der Waals surface area contributed by atoms with E-state index in [0.717, 1.165) is 0 Å². The Bertz CT molecular complexity index is 469. The van der Waals surface area contributed by atoms with Gasteiger partial charge < -0.3 is 15.2 Å². The Hall–Kier alpha value is -2.05. The maximum atomic E-state index is 12.5. The number of amides is 2. The zero-order valence-electron chi connectivity index (χ0n) is 13.3. The molecule has 1 saturated heterocycles. The molecule has 1 heterocycles. The van der Waals surface area contributed by atoms with Crippen molar-refractivity contribution in [2.75, 3.05) is 13.1 Å². The summed E-state index contributed by atoms with van der Waals surface area (Å²) in [4.78, 5) is 36.9. The number of ether oxygens (including phenoxy) is 1. The number of carbonyl (C=O) groups excluding carboxylic acids is 2. The van der Waals surface area contributed by atoms with Gasteiger partial charge in [0.1, 0.15) is 17.7 Å². The minimum absolute atomic E-state index is 0.248. The van der Waals surface area contributed by atoms with E-state index >= 15 is 0 Å². The van der Waals surface area contributed by atoms with Crippen LogP contribution in [-0.2, 0) is 14.3 Å². The van der Waals surface area contributed by atoms with Crippen molar-refractivity contribution in [3.05, 3.63) is 12.7 Å². The molecule has 0 unspecified atom stereocenters. The third-order valence-electron chi connectivity index (χ3n) is 3.41.